The summed E-state index contributed by atoms with van der Waals surface area (Å²) in [6, 6.07) is 15.1. The minimum Gasteiger partial charge on any atom is -0.507 e. The number of hydrogen-bond acceptors (Lipinski definition) is 6. The number of aromatic hydroxyl groups is 1. The maximum atomic E-state index is 13.5. The SMILES string of the molecule is CCN(CC)c1ccc(C2/C(=C(\O)c3cc(C)c(OC)cc3C)C(=O)C(=O)N2c2cc(C)ccc2O)cc1. The number of ketones is 1. The van der Waals surface area contributed by atoms with Crippen LogP contribution in [0, 0.1) is 20.8 Å². The second-order valence-electron chi connectivity index (χ2n) is 9.56. The monoisotopic (exact) mass is 514 g/mol. The number of phenolic OH excluding ortho intramolecular Hbond substituents is 1. The van der Waals surface area contributed by atoms with Crippen LogP contribution in [0.4, 0.5) is 11.4 Å². The second kappa shape index (κ2) is 10.6. The fourth-order valence-corrected chi connectivity index (χ4v) is 5.09. The minimum absolute atomic E-state index is 0.0286. The number of benzene rings is 3. The van der Waals surface area contributed by atoms with Crippen molar-refractivity contribution in [2.45, 2.75) is 40.7 Å². The fraction of sp³-hybridized carbons (Fsp3) is 0.290. The molecular weight excluding hydrogens is 480 g/mol. The molecule has 0 spiro atoms. The number of carbonyl (C=O) groups is 2. The smallest absolute Gasteiger partial charge is 0.300 e. The van der Waals surface area contributed by atoms with Crippen LogP contribution in [-0.2, 0) is 9.59 Å². The van der Waals surface area contributed by atoms with Gasteiger partial charge in [0, 0.05) is 24.3 Å². The van der Waals surface area contributed by atoms with Crippen molar-refractivity contribution in [1.82, 2.24) is 0 Å². The van der Waals surface area contributed by atoms with Gasteiger partial charge < -0.3 is 19.8 Å². The summed E-state index contributed by atoms with van der Waals surface area (Å²) in [6.07, 6.45) is 0. The number of nitrogens with zero attached hydrogens (tertiary/aromatic N) is 2. The van der Waals surface area contributed by atoms with E-state index >= 15 is 0 Å². The molecule has 0 bridgehead atoms. The highest BCUT2D eigenvalue weighted by Crippen LogP contribution is 2.45. The maximum Gasteiger partial charge on any atom is 0.300 e. The van der Waals surface area contributed by atoms with E-state index in [0.717, 1.165) is 29.9 Å². The lowest BCUT2D eigenvalue weighted by Gasteiger charge is -2.27. The van der Waals surface area contributed by atoms with E-state index in [2.05, 4.69) is 18.7 Å². The van der Waals surface area contributed by atoms with E-state index in [-0.39, 0.29) is 22.8 Å². The third kappa shape index (κ3) is 4.60. The molecule has 4 rings (SSSR count). The third-order valence-corrected chi connectivity index (χ3v) is 7.17. The largest absolute Gasteiger partial charge is 0.507 e. The molecule has 0 saturated carbocycles. The molecule has 2 N–H and O–H groups in total. The highest BCUT2D eigenvalue weighted by Gasteiger charge is 2.48. The minimum atomic E-state index is -0.935. The van der Waals surface area contributed by atoms with Gasteiger partial charge in [0.05, 0.1) is 24.4 Å². The van der Waals surface area contributed by atoms with Crippen LogP contribution in [0.15, 0.2) is 60.2 Å². The van der Waals surface area contributed by atoms with Crippen LogP contribution in [-0.4, -0.2) is 42.1 Å². The molecular formula is C31H34N2O5. The first-order valence-corrected chi connectivity index (χ1v) is 12.7. The molecule has 3 aromatic carbocycles. The Labute approximate surface area is 223 Å². The van der Waals surface area contributed by atoms with E-state index in [4.69, 9.17) is 4.74 Å². The molecule has 0 radical (unpaired) electrons. The van der Waals surface area contributed by atoms with Gasteiger partial charge in [0.25, 0.3) is 11.7 Å². The molecule has 3 aromatic rings. The molecule has 0 aromatic heterocycles. The number of carbonyl (C=O) groups excluding carboxylic acids is 2. The number of aliphatic hydroxyl groups is 1. The van der Waals surface area contributed by atoms with Crippen molar-refractivity contribution in [2.75, 3.05) is 30.0 Å². The Hall–Kier alpha value is -4.26. The van der Waals surface area contributed by atoms with Crippen molar-refractivity contribution in [3.05, 3.63) is 88.0 Å². The van der Waals surface area contributed by atoms with Gasteiger partial charge in [0.2, 0.25) is 0 Å². The Kier molecular flexibility index (Phi) is 7.49. The Morgan fingerprint density at radius 3 is 2.21 bits per heavy atom. The molecule has 1 fully saturated rings. The lowest BCUT2D eigenvalue weighted by Crippen LogP contribution is -2.29. The first kappa shape index (κ1) is 26.8. The molecule has 1 atom stereocenters. The number of aliphatic hydroxyl groups excluding tert-OH is 1. The number of anilines is 2. The Balaban J connectivity index is 1.97. The van der Waals surface area contributed by atoms with Crippen molar-refractivity contribution >= 4 is 28.8 Å². The predicted molar refractivity (Wildman–Crippen MR) is 150 cm³/mol. The van der Waals surface area contributed by atoms with Gasteiger partial charge in [-0.15, -0.1) is 0 Å². The molecule has 0 aliphatic carbocycles. The molecule has 198 valence electrons. The quantitative estimate of drug-likeness (QED) is 0.235. The van der Waals surface area contributed by atoms with Crippen LogP contribution in [0.5, 0.6) is 11.5 Å². The van der Waals surface area contributed by atoms with Gasteiger partial charge in [-0.2, -0.15) is 0 Å². The van der Waals surface area contributed by atoms with Crippen molar-refractivity contribution in [3.8, 4) is 11.5 Å². The summed E-state index contributed by atoms with van der Waals surface area (Å²) in [5, 5.41) is 22.3. The van der Waals surface area contributed by atoms with Gasteiger partial charge >= 0.3 is 0 Å². The number of phenols is 1. The van der Waals surface area contributed by atoms with Gasteiger partial charge in [-0.05, 0) is 93.3 Å². The molecule has 7 heteroatoms. The highest BCUT2D eigenvalue weighted by molar-refractivity contribution is 6.52. The van der Waals surface area contributed by atoms with Gasteiger partial charge in [-0.25, -0.2) is 0 Å². The second-order valence-corrected chi connectivity index (χ2v) is 9.56. The number of rotatable bonds is 7. The lowest BCUT2D eigenvalue weighted by molar-refractivity contribution is -0.132. The van der Waals surface area contributed by atoms with Crippen LogP contribution in [0.3, 0.4) is 0 Å². The summed E-state index contributed by atoms with van der Waals surface area (Å²) in [5.41, 5.74) is 4.58. The van der Waals surface area contributed by atoms with Gasteiger partial charge in [0.15, 0.2) is 0 Å². The van der Waals surface area contributed by atoms with E-state index < -0.39 is 17.7 Å². The van der Waals surface area contributed by atoms with Crippen molar-refractivity contribution < 1.29 is 24.5 Å². The molecule has 1 saturated heterocycles. The highest BCUT2D eigenvalue weighted by atomic mass is 16.5. The number of amides is 1. The predicted octanol–water partition coefficient (Wildman–Crippen LogP) is 5.80. The fourth-order valence-electron chi connectivity index (χ4n) is 5.09. The van der Waals surface area contributed by atoms with Crippen molar-refractivity contribution in [1.29, 1.82) is 0 Å². The van der Waals surface area contributed by atoms with Crippen molar-refractivity contribution in [3.63, 3.8) is 0 Å². The number of methoxy groups -OCH3 is 1. The maximum absolute atomic E-state index is 13.5. The Morgan fingerprint density at radius 1 is 0.947 bits per heavy atom. The van der Waals surface area contributed by atoms with Crippen LogP contribution in [0.25, 0.3) is 5.76 Å². The zero-order chi connectivity index (χ0) is 27.7. The van der Waals surface area contributed by atoms with E-state index in [1.165, 1.54) is 11.0 Å². The normalized spacial score (nSPS) is 16.7. The van der Waals surface area contributed by atoms with Gasteiger partial charge in [0.1, 0.15) is 17.3 Å². The summed E-state index contributed by atoms with van der Waals surface area (Å²) in [6.45, 7) is 11.3. The van der Waals surface area contributed by atoms with E-state index in [1.54, 1.807) is 31.4 Å². The van der Waals surface area contributed by atoms with Crippen molar-refractivity contribution in [2.24, 2.45) is 0 Å². The summed E-state index contributed by atoms with van der Waals surface area (Å²) in [5.74, 6) is -1.35. The molecule has 1 amide bonds. The third-order valence-electron chi connectivity index (χ3n) is 7.17. The summed E-state index contributed by atoms with van der Waals surface area (Å²) >= 11 is 0. The molecule has 1 aliphatic heterocycles. The summed E-state index contributed by atoms with van der Waals surface area (Å²) < 4.78 is 5.40. The topological polar surface area (TPSA) is 90.3 Å². The molecule has 38 heavy (non-hydrogen) atoms. The molecule has 1 aliphatic rings. The van der Waals surface area contributed by atoms with E-state index in [1.807, 2.05) is 45.0 Å². The zero-order valence-corrected chi connectivity index (χ0v) is 22.7. The van der Waals surface area contributed by atoms with E-state index in [9.17, 15) is 19.8 Å². The first-order chi connectivity index (χ1) is 18.1. The van der Waals surface area contributed by atoms with Crippen LogP contribution >= 0.6 is 0 Å². The lowest BCUT2D eigenvalue weighted by atomic mass is 9.92. The number of aryl methyl sites for hydroxylation is 3. The first-order valence-electron chi connectivity index (χ1n) is 12.7. The number of Topliss-reactive ketones (excluding diaryl/α,β-unsaturated/α-hetero) is 1. The molecule has 7 nitrogen and oxygen atoms in total. The standard InChI is InChI=1S/C31H34N2O5/c1-7-32(8-2)22-12-10-21(11-13-22)28-27(29(35)23-16-20(5)26(38-6)17-19(23)4)30(36)31(37)33(28)24-15-18(3)9-14-25(24)34/h9-17,28,34-35H,7-8H2,1-6H3/b29-27+. The van der Waals surface area contributed by atoms with Gasteiger partial charge in [-0.3, -0.25) is 14.5 Å². The van der Waals surface area contributed by atoms with E-state index in [0.29, 0.717) is 22.4 Å². The Bertz CT molecular complexity index is 1420. The average Bonchev–Trinajstić information content (AvgIpc) is 3.17. The van der Waals surface area contributed by atoms with Gasteiger partial charge in [-0.1, -0.05) is 18.2 Å². The number of hydrogen-bond donors (Lipinski definition) is 2. The molecule has 1 heterocycles. The zero-order valence-electron chi connectivity index (χ0n) is 22.7. The Morgan fingerprint density at radius 2 is 1.61 bits per heavy atom. The average molecular weight is 515 g/mol. The van der Waals surface area contributed by atoms with Crippen LogP contribution < -0.4 is 14.5 Å². The summed E-state index contributed by atoms with van der Waals surface area (Å²) in [4.78, 5) is 30.5. The molecule has 1 unspecified atom stereocenters. The number of ether oxygens (including phenoxy) is 1. The van der Waals surface area contributed by atoms with Crippen LogP contribution in [0.2, 0.25) is 0 Å². The summed E-state index contributed by atoms with van der Waals surface area (Å²) in [7, 11) is 1.57. The van der Waals surface area contributed by atoms with Crippen LogP contribution in [0.1, 0.15) is 47.7 Å².